The van der Waals surface area contributed by atoms with Crippen LogP contribution in [0.3, 0.4) is 0 Å². The summed E-state index contributed by atoms with van der Waals surface area (Å²) < 4.78 is 11.9. The minimum Gasteiger partial charge on any atom is -0.507 e. The molecule has 0 radical (unpaired) electrons. The molecule has 1 aromatic heterocycles. The van der Waals surface area contributed by atoms with Crippen LogP contribution in [0.15, 0.2) is 56.0 Å². The van der Waals surface area contributed by atoms with Gasteiger partial charge in [-0.15, -0.1) is 0 Å². The molecule has 0 fully saturated rings. The van der Waals surface area contributed by atoms with Crippen molar-refractivity contribution < 1.29 is 23.8 Å². The normalized spacial score (nSPS) is 10.0. The van der Waals surface area contributed by atoms with Crippen LogP contribution in [-0.2, 0) is 4.74 Å². The van der Waals surface area contributed by atoms with Crippen LogP contribution in [0.5, 0.6) is 5.75 Å². The largest absolute Gasteiger partial charge is 0.507 e. The number of furan rings is 1. The molecule has 7 heteroatoms. The molecule has 0 aliphatic carbocycles. The topological polar surface area (TPSA) is 76.7 Å². The smallest absolute Gasteiger partial charge is 0.342 e. The molecule has 5 nitrogen and oxygen atoms in total. The number of rotatable bonds is 3. The van der Waals surface area contributed by atoms with E-state index in [1.54, 1.807) is 19.1 Å². The molecule has 0 aliphatic heterocycles. The van der Waals surface area contributed by atoms with Crippen LogP contribution in [0.25, 0.3) is 11.0 Å². The molecule has 1 heterocycles. The van der Waals surface area contributed by atoms with Crippen molar-refractivity contribution in [1.29, 1.82) is 0 Å². The van der Waals surface area contributed by atoms with Crippen LogP contribution in [0.2, 0.25) is 0 Å². The highest BCUT2D eigenvalue weighted by Crippen LogP contribution is 2.25. The first-order valence-corrected chi connectivity index (χ1v) is 8.82. The van der Waals surface area contributed by atoms with Gasteiger partial charge < -0.3 is 14.3 Å². The van der Waals surface area contributed by atoms with E-state index in [-0.39, 0.29) is 11.7 Å². The number of carbonyl (C=O) groups excluding carboxylic acids is 2. The highest BCUT2D eigenvalue weighted by molar-refractivity contribution is 9.10. The van der Waals surface area contributed by atoms with Crippen molar-refractivity contribution >= 4 is 55.1 Å². The summed E-state index contributed by atoms with van der Waals surface area (Å²) in [5, 5.41) is 9.75. The van der Waals surface area contributed by atoms with E-state index in [9.17, 15) is 9.59 Å². The Kier molecular flexibility index (Phi) is 6.78. The van der Waals surface area contributed by atoms with Gasteiger partial charge in [-0.3, -0.25) is 4.79 Å². The van der Waals surface area contributed by atoms with E-state index in [0.29, 0.717) is 29.6 Å². The Morgan fingerprint density at radius 3 is 2.52 bits per heavy atom. The molecular formula is C18H14Br2O5. The Hall–Kier alpha value is -2.12. The van der Waals surface area contributed by atoms with Gasteiger partial charge in [0.1, 0.15) is 23.2 Å². The summed E-state index contributed by atoms with van der Waals surface area (Å²) in [5.41, 5.74) is 1.45. The van der Waals surface area contributed by atoms with Gasteiger partial charge in [0.25, 0.3) is 0 Å². The minimum atomic E-state index is -0.352. The first-order chi connectivity index (χ1) is 12.0. The number of phenols is 1. The first-order valence-electron chi connectivity index (χ1n) is 7.23. The fourth-order valence-electron chi connectivity index (χ4n) is 1.99. The predicted octanol–water partition coefficient (Wildman–Crippen LogP) is 5.34. The molecule has 2 aromatic carbocycles. The maximum Gasteiger partial charge on any atom is 0.342 e. The number of phenolic OH excluding ortho intramolecular Hbond substituents is 1. The minimum absolute atomic E-state index is 0.0122. The van der Waals surface area contributed by atoms with E-state index >= 15 is 0 Å². The van der Waals surface area contributed by atoms with Crippen molar-refractivity contribution in [3.05, 3.63) is 62.7 Å². The third kappa shape index (κ3) is 4.93. The van der Waals surface area contributed by atoms with Gasteiger partial charge >= 0.3 is 5.97 Å². The van der Waals surface area contributed by atoms with E-state index in [2.05, 4.69) is 31.9 Å². The van der Waals surface area contributed by atoms with Gasteiger partial charge in [0, 0.05) is 14.3 Å². The third-order valence-corrected chi connectivity index (χ3v) is 4.13. The molecule has 0 aliphatic rings. The van der Waals surface area contributed by atoms with Crippen LogP contribution < -0.4 is 0 Å². The van der Waals surface area contributed by atoms with E-state index in [0.717, 1.165) is 14.3 Å². The number of esters is 1. The van der Waals surface area contributed by atoms with Crippen LogP contribution in [0, 0.1) is 0 Å². The molecule has 0 bridgehead atoms. The molecule has 0 saturated heterocycles. The number of hydrogen-bond donors (Lipinski definition) is 1. The molecule has 3 rings (SSSR count). The second-order valence-electron chi connectivity index (χ2n) is 4.83. The summed E-state index contributed by atoms with van der Waals surface area (Å²) in [4.78, 5) is 21.7. The zero-order valence-electron chi connectivity index (χ0n) is 13.2. The number of ether oxygens (including phenoxy) is 1. The summed E-state index contributed by atoms with van der Waals surface area (Å²) in [6.07, 6.45) is 2.04. The summed E-state index contributed by atoms with van der Waals surface area (Å²) in [6.45, 7) is 2.13. The number of benzene rings is 2. The van der Waals surface area contributed by atoms with Crippen molar-refractivity contribution in [3.63, 3.8) is 0 Å². The van der Waals surface area contributed by atoms with Gasteiger partial charge in [-0.2, -0.15) is 0 Å². The number of carbonyl (C=O) groups is 2. The Morgan fingerprint density at radius 2 is 1.88 bits per heavy atom. The molecule has 0 unspecified atom stereocenters. The summed E-state index contributed by atoms with van der Waals surface area (Å²) in [7, 11) is 0. The van der Waals surface area contributed by atoms with Crippen molar-refractivity contribution in [3.8, 4) is 5.75 Å². The Morgan fingerprint density at radius 1 is 1.20 bits per heavy atom. The van der Waals surface area contributed by atoms with Crippen LogP contribution in [0.4, 0.5) is 0 Å². The molecule has 0 atom stereocenters. The fraction of sp³-hybridized carbons (Fsp3) is 0.111. The van der Waals surface area contributed by atoms with Crippen LogP contribution >= 0.6 is 31.9 Å². The summed E-state index contributed by atoms with van der Waals surface area (Å²) in [6, 6.07) is 10.2. The lowest BCUT2D eigenvalue weighted by Gasteiger charge is -1.98. The Bertz CT molecular complexity index is 902. The summed E-state index contributed by atoms with van der Waals surface area (Å²) in [5.74, 6) is -0.340. The zero-order valence-corrected chi connectivity index (χ0v) is 16.3. The predicted molar refractivity (Wildman–Crippen MR) is 101 cm³/mol. The standard InChI is InChI=1S/C11H9BrO3.C7H5BrO2/c1-2-14-11(13)9-6-15-10-4-3-7(12)5-8(9)10;8-6-1-2-7(10)5(3-6)4-9/h3-6H,2H2,1H3;1-4,10H. The number of hydrogen-bond acceptors (Lipinski definition) is 5. The lowest BCUT2D eigenvalue weighted by Crippen LogP contribution is -2.03. The van der Waals surface area contributed by atoms with Gasteiger partial charge in [-0.25, -0.2) is 4.79 Å². The van der Waals surface area contributed by atoms with Gasteiger partial charge in [-0.1, -0.05) is 31.9 Å². The highest BCUT2D eigenvalue weighted by Gasteiger charge is 2.14. The SMILES string of the molecule is CCOC(=O)c1coc2ccc(Br)cc12.O=Cc1cc(Br)ccc1O. The molecule has 0 amide bonds. The van der Waals surface area contributed by atoms with Gasteiger partial charge in [-0.05, 0) is 43.3 Å². The first kappa shape index (κ1) is 19.2. The Labute approximate surface area is 160 Å². The second kappa shape index (κ2) is 8.82. The highest BCUT2D eigenvalue weighted by atomic mass is 79.9. The molecule has 0 saturated carbocycles. The van der Waals surface area contributed by atoms with Crippen molar-refractivity contribution in [1.82, 2.24) is 0 Å². The number of aromatic hydroxyl groups is 1. The molecule has 3 aromatic rings. The van der Waals surface area contributed by atoms with Crippen molar-refractivity contribution in [2.24, 2.45) is 0 Å². The zero-order chi connectivity index (χ0) is 18.4. The van der Waals surface area contributed by atoms with Gasteiger partial charge in [0.15, 0.2) is 6.29 Å². The van der Waals surface area contributed by atoms with Crippen LogP contribution in [0.1, 0.15) is 27.6 Å². The number of fused-ring (bicyclic) bond motifs is 1. The van der Waals surface area contributed by atoms with Gasteiger partial charge in [0.2, 0.25) is 0 Å². The number of aldehydes is 1. The molecule has 25 heavy (non-hydrogen) atoms. The van der Waals surface area contributed by atoms with Crippen molar-refractivity contribution in [2.45, 2.75) is 6.92 Å². The van der Waals surface area contributed by atoms with E-state index in [1.807, 2.05) is 18.2 Å². The molecule has 1 N–H and O–H groups in total. The van der Waals surface area contributed by atoms with E-state index < -0.39 is 0 Å². The molecule has 0 spiro atoms. The van der Waals surface area contributed by atoms with E-state index in [4.69, 9.17) is 14.3 Å². The van der Waals surface area contributed by atoms with Crippen molar-refractivity contribution in [2.75, 3.05) is 6.61 Å². The van der Waals surface area contributed by atoms with Crippen LogP contribution in [-0.4, -0.2) is 24.0 Å². The van der Waals surface area contributed by atoms with Gasteiger partial charge in [0.05, 0.1) is 12.2 Å². The fourth-order valence-corrected chi connectivity index (χ4v) is 2.73. The third-order valence-electron chi connectivity index (χ3n) is 3.15. The maximum atomic E-state index is 11.5. The maximum absolute atomic E-state index is 11.5. The molecular weight excluding hydrogens is 456 g/mol. The summed E-state index contributed by atoms with van der Waals surface area (Å²) >= 11 is 6.51. The quantitative estimate of drug-likeness (QED) is 0.413. The second-order valence-corrected chi connectivity index (χ2v) is 6.66. The average molecular weight is 470 g/mol. The lowest BCUT2D eigenvalue weighted by atomic mass is 10.2. The molecule has 130 valence electrons. The monoisotopic (exact) mass is 468 g/mol. The lowest BCUT2D eigenvalue weighted by molar-refractivity contribution is 0.0527. The average Bonchev–Trinajstić information content (AvgIpc) is 3.01. The Balaban J connectivity index is 0.000000196. The number of halogens is 2. The van der Waals surface area contributed by atoms with E-state index in [1.165, 1.54) is 12.3 Å².